The lowest BCUT2D eigenvalue weighted by Gasteiger charge is -2.42. The number of aromatic nitrogens is 3. The van der Waals surface area contributed by atoms with Gasteiger partial charge < -0.3 is 19.4 Å². The number of aliphatic imine (C=N–C) groups is 1. The largest absolute Gasteiger partial charge is 0.448 e. The first-order chi connectivity index (χ1) is 22.1. The lowest BCUT2D eigenvalue weighted by atomic mass is 9.71. The first kappa shape index (κ1) is 36.8. The summed E-state index contributed by atoms with van der Waals surface area (Å²) in [6, 6.07) is 5.56. The van der Waals surface area contributed by atoms with Crippen LogP contribution in [-0.4, -0.2) is 70.9 Å². The van der Waals surface area contributed by atoms with Gasteiger partial charge in [-0.25, -0.2) is 14.7 Å². The number of rotatable bonds is 4. The molecule has 0 aromatic carbocycles. The van der Waals surface area contributed by atoms with Crippen LogP contribution in [0.2, 0.25) is 0 Å². The Bertz CT molecular complexity index is 1480. The van der Waals surface area contributed by atoms with Crippen LogP contribution in [0.15, 0.2) is 46.9 Å². The quantitative estimate of drug-likeness (QED) is 0.144. The molecular formula is C34H46IN5O7. The Kier molecular flexibility index (Phi) is 12.1. The number of alkyl halides is 1. The van der Waals surface area contributed by atoms with Crippen molar-refractivity contribution in [2.45, 2.75) is 96.1 Å². The van der Waals surface area contributed by atoms with Crippen molar-refractivity contribution in [2.75, 3.05) is 6.61 Å². The Balaban J connectivity index is 1.72. The highest BCUT2D eigenvalue weighted by Crippen LogP contribution is 2.41. The van der Waals surface area contributed by atoms with Gasteiger partial charge in [-0.05, 0) is 93.0 Å². The SMILES string of the molecule is CC(=O)N=C1[C@H](C)C[C@]2(C)C[C@@H](C)C(=O)[C@@H](C)C(=O)O[C@H](I)[C@@](C)(O)[C@H](CC/C(=N\OCc3ccc(-n4cccn4)nc3)CO2)[C@H]1C. The number of esters is 1. The zero-order valence-electron chi connectivity index (χ0n) is 28.2. The Morgan fingerprint density at radius 2 is 1.89 bits per heavy atom. The van der Waals surface area contributed by atoms with Crippen LogP contribution < -0.4 is 0 Å². The summed E-state index contributed by atoms with van der Waals surface area (Å²) in [5.74, 6) is -3.26. The molecule has 2 aliphatic heterocycles. The van der Waals surface area contributed by atoms with Crippen molar-refractivity contribution in [2.24, 2.45) is 39.7 Å². The number of pyridine rings is 1. The number of cyclic esters (lactones) is 1. The summed E-state index contributed by atoms with van der Waals surface area (Å²) in [6.45, 7) is 12.6. The van der Waals surface area contributed by atoms with Crippen LogP contribution in [0.25, 0.3) is 5.82 Å². The van der Waals surface area contributed by atoms with Gasteiger partial charge in [0.25, 0.3) is 0 Å². The van der Waals surface area contributed by atoms with E-state index in [1.807, 2.05) is 67.8 Å². The normalized spacial score (nSPS) is 34.7. The third kappa shape index (κ3) is 9.11. The summed E-state index contributed by atoms with van der Waals surface area (Å²) >= 11 is 1.92. The van der Waals surface area contributed by atoms with Crippen molar-refractivity contribution in [3.05, 3.63) is 42.4 Å². The number of nitrogens with zero attached hydrogens (tertiary/aromatic N) is 5. The molecule has 0 spiro atoms. The summed E-state index contributed by atoms with van der Waals surface area (Å²) in [4.78, 5) is 53.8. The van der Waals surface area contributed by atoms with Crippen molar-refractivity contribution in [1.29, 1.82) is 0 Å². The molecule has 256 valence electrons. The van der Waals surface area contributed by atoms with Crippen LogP contribution in [0, 0.1) is 29.6 Å². The minimum Gasteiger partial charge on any atom is -0.448 e. The number of halogens is 1. The highest BCUT2D eigenvalue weighted by atomic mass is 127. The summed E-state index contributed by atoms with van der Waals surface area (Å²) in [6.07, 6.45) is 6.77. The van der Waals surface area contributed by atoms with Crippen LogP contribution in [0.5, 0.6) is 0 Å². The number of hydrogen-bond acceptors (Lipinski definition) is 10. The van der Waals surface area contributed by atoms with E-state index in [1.165, 1.54) is 6.92 Å². The Morgan fingerprint density at radius 3 is 2.53 bits per heavy atom. The number of fused-ring (bicyclic) bond motifs is 5. The van der Waals surface area contributed by atoms with Crippen molar-refractivity contribution >= 4 is 51.7 Å². The van der Waals surface area contributed by atoms with E-state index in [1.54, 1.807) is 37.8 Å². The molecule has 0 aliphatic carbocycles. The molecule has 2 bridgehead atoms. The van der Waals surface area contributed by atoms with Gasteiger partial charge in [0.15, 0.2) is 9.93 Å². The topological polar surface area (TPSA) is 155 Å². The minimum absolute atomic E-state index is 0.127. The zero-order valence-corrected chi connectivity index (χ0v) is 30.3. The fourth-order valence-corrected chi connectivity index (χ4v) is 7.51. The molecule has 8 atom stereocenters. The standard InChI is InChI=1S/C34H46IN5O7/c1-20-15-33(6)16-21(2)30(42)23(4)31(43)47-32(35)34(7,44)27(22(3)29(20)38-24(5)41)11-10-26(19-45-33)39-46-18-25-9-12-28(36-17-25)40-14-8-13-37-40/h8-9,12-14,17,20-23,27,32,44H,10-11,15-16,18-19H2,1-7H3/b38-29?,39-26+/t20-,21-,22-,23-,27-,32+,33-,34+/m1/s1. The molecule has 4 heterocycles. The van der Waals surface area contributed by atoms with Crippen molar-refractivity contribution in [3.8, 4) is 5.82 Å². The second-order valence-electron chi connectivity index (χ2n) is 13.4. The average Bonchev–Trinajstić information content (AvgIpc) is 3.55. The van der Waals surface area contributed by atoms with E-state index < -0.39 is 39.0 Å². The molecule has 47 heavy (non-hydrogen) atoms. The fraction of sp³-hybridized carbons (Fsp3) is 0.618. The van der Waals surface area contributed by atoms with Crippen molar-refractivity contribution < 1.29 is 33.8 Å². The van der Waals surface area contributed by atoms with Gasteiger partial charge in [0.1, 0.15) is 23.9 Å². The molecule has 2 aliphatic rings. The van der Waals surface area contributed by atoms with Gasteiger partial charge in [0.05, 0.1) is 17.9 Å². The van der Waals surface area contributed by atoms with Gasteiger partial charge in [-0.15, -0.1) is 0 Å². The second-order valence-corrected chi connectivity index (χ2v) is 14.6. The molecule has 2 fully saturated rings. The van der Waals surface area contributed by atoms with E-state index in [-0.39, 0.29) is 36.7 Å². The summed E-state index contributed by atoms with van der Waals surface area (Å²) in [7, 11) is 0. The zero-order chi connectivity index (χ0) is 34.5. The number of ether oxygens (including phenoxy) is 2. The van der Waals surface area contributed by atoms with Crippen molar-refractivity contribution in [1.82, 2.24) is 14.8 Å². The third-order valence-electron chi connectivity index (χ3n) is 9.34. The molecule has 12 nitrogen and oxygen atoms in total. The van der Waals surface area contributed by atoms with Crippen LogP contribution in [-0.2, 0) is 35.3 Å². The molecule has 13 heteroatoms. The lowest BCUT2D eigenvalue weighted by molar-refractivity contribution is -0.164. The highest BCUT2D eigenvalue weighted by Gasteiger charge is 2.47. The molecule has 1 N–H and O–H groups in total. The van der Waals surface area contributed by atoms with Gasteiger partial charge in [-0.3, -0.25) is 14.4 Å². The predicted octanol–water partition coefficient (Wildman–Crippen LogP) is 5.28. The maximum absolute atomic E-state index is 13.5. The Hall–Kier alpha value is -3.04. The fourth-order valence-electron chi connectivity index (χ4n) is 6.80. The molecule has 2 aromatic rings. The predicted molar refractivity (Wildman–Crippen MR) is 184 cm³/mol. The maximum Gasteiger partial charge on any atom is 0.317 e. The van der Waals surface area contributed by atoms with E-state index in [2.05, 4.69) is 20.2 Å². The summed E-state index contributed by atoms with van der Waals surface area (Å²) in [5.41, 5.74) is -0.331. The molecule has 0 saturated carbocycles. The monoisotopic (exact) mass is 763 g/mol. The van der Waals surface area contributed by atoms with Crippen LogP contribution in [0.3, 0.4) is 0 Å². The maximum atomic E-state index is 13.5. The smallest absolute Gasteiger partial charge is 0.317 e. The minimum atomic E-state index is -1.56. The number of aliphatic hydroxyl groups is 1. The number of amides is 1. The van der Waals surface area contributed by atoms with Gasteiger partial charge in [-0.1, -0.05) is 32.0 Å². The Morgan fingerprint density at radius 1 is 1.17 bits per heavy atom. The first-order valence-corrected chi connectivity index (χ1v) is 17.3. The van der Waals surface area contributed by atoms with E-state index in [0.29, 0.717) is 42.9 Å². The molecule has 4 rings (SSSR count). The Labute approximate surface area is 289 Å². The lowest BCUT2D eigenvalue weighted by Crippen LogP contribution is -2.51. The van der Waals surface area contributed by atoms with Gasteiger partial charge >= 0.3 is 5.97 Å². The number of hydrogen-bond donors (Lipinski definition) is 1. The number of ketones is 1. The van der Waals surface area contributed by atoms with Gasteiger partial charge in [-0.2, -0.15) is 5.10 Å². The summed E-state index contributed by atoms with van der Waals surface area (Å²) in [5, 5.41) is 20.8. The molecule has 0 radical (unpaired) electrons. The van der Waals surface area contributed by atoms with Crippen LogP contribution in [0.4, 0.5) is 0 Å². The van der Waals surface area contributed by atoms with Crippen molar-refractivity contribution in [3.63, 3.8) is 0 Å². The van der Waals surface area contributed by atoms with Gasteiger partial charge in [0, 0.05) is 48.6 Å². The van der Waals surface area contributed by atoms with E-state index >= 15 is 0 Å². The molecular weight excluding hydrogens is 717 g/mol. The van der Waals surface area contributed by atoms with E-state index in [4.69, 9.17) is 14.3 Å². The first-order valence-electron chi connectivity index (χ1n) is 16.1. The van der Waals surface area contributed by atoms with E-state index in [0.717, 1.165) is 5.56 Å². The third-order valence-corrected chi connectivity index (χ3v) is 10.9. The second kappa shape index (κ2) is 15.5. The average molecular weight is 764 g/mol. The number of carbonyl (C=O) groups is 3. The number of carbonyl (C=O) groups excluding carboxylic acids is 3. The number of Topliss-reactive ketones (excluding diaryl/α,β-unsaturated/α-hetero) is 1. The number of oxime groups is 1. The molecule has 2 aromatic heterocycles. The van der Waals surface area contributed by atoms with Crippen LogP contribution >= 0.6 is 22.6 Å². The summed E-state index contributed by atoms with van der Waals surface area (Å²) < 4.78 is 13.0. The highest BCUT2D eigenvalue weighted by molar-refractivity contribution is 14.1. The molecule has 1 amide bonds. The van der Waals surface area contributed by atoms with Crippen LogP contribution in [0.1, 0.15) is 79.7 Å². The molecule has 2 saturated heterocycles. The van der Waals surface area contributed by atoms with E-state index in [9.17, 15) is 19.5 Å². The molecule has 0 unspecified atom stereocenters. The van der Waals surface area contributed by atoms with Gasteiger partial charge in [0.2, 0.25) is 5.91 Å².